The standard InChI is InChI=1S/C20H15Cl2NO4/c1-12(24)13-3-2-4-15(9-13)23-20(25)19-8-6-16(27-19)11-26-18-7-5-14(21)10-17(18)22/h2-10H,11H2,1H3,(H,23,25). The van der Waals surface area contributed by atoms with Crippen molar-refractivity contribution < 1.29 is 18.7 Å². The molecule has 3 rings (SSSR count). The molecule has 0 bridgehead atoms. The molecular formula is C20H15Cl2NO4. The number of hydrogen-bond donors (Lipinski definition) is 1. The summed E-state index contributed by atoms with van der Waals surface area (Å²) in [6, 6.07) is 14.8. The smallest absolute Gasteiger partial charge is 0.291 e. The number of benzene rings is 2. The van der Waals surface area contributed by atoms with Crippen LogP contribution in [0, 0.1) is 0 Å². The molecule has 1 aromatic heterocycles. The van der Waals surface area contributed by atoms with Crippen molar-refractivity contribution in [1.82, 2.24) is 0 Å². The Kier molecular flexibility index (Phi) is 5.84. The van der Waals surface area contributed by atoms with Crippen LogP contribution in [0.5, 0.6) is 5.75 Å². The van der Waals surface area contributed by atoms with Crippen LogP contribution in [-0.2, 0) is 6.61 Å². The van der Waals surface area contributed by atoms with Crippen molar-refractivity contribution in [2.75, 3.05) is 5.32 Å². The zero-order valence-electron chi connectivity index (χ0n) is 14.3. The highest BCUT2D eigenvalue weighted by Crippen LogP contribution is 2.28. The summed E-state index contributed by atoms with van der Waals surface area (Å²) in [6.07, 6.45) is 0. The number of carbonyl (C=O) groups is 2. The van der Waals surface area contributed by atoms with Crippen molar-refractivity contribution in [3.8, 4) is 5.75 Å². The lowest BCUT2D eigenvalue weighted by Crippen LogP contribution is -2.11. The second-order valence-electron chi connectivity index (χ2n) is 5.72. The summed E-state index contributed by atoms with van der Waals surface area (Å²) in [5, 5.41) is 3.59. The quantitative estimate of drug-likeness (QED) is 0.542. The average molecular weight is 404 g/mol. The van der Waals surface area contributed by atoms with Gasteiger partial charge in [0.25, 0.3) is 5.91 Å². The molecule has 0 fully saturated rings. The lowest BCUT2D eigenvalue weighted by Gasteiger charge is -2.07. The van der Waals surface area contributed by atoms with Crippen molar-refractivity contribution in [3.05, 3.63) is 81.7 Å². The SMILES string of the molecule is CC(=O)c1cccc(NC(=O)c2ccc(COc3ccc(Cl)cc3Cl)o2)c1. The molecule has 0 saturated heterocycles. The van der Waals surface area contributed by atoms with Crippen LogP contribution < -0.4 is 10.1 Å². The van der Waals surface area contributed by atoms with Gasteiger partial charge in [-0.3, -0.25) is 9.59 Å². The lowest BCUT2D eigenvalue weighted by atomic mass is 10.1. The van der Waals surface area contributed by atoms with Crippen LogP contribution in [0.1, 0.15) is 33.6 Å². The molecule has 7 heteroatoms. The number of ketones is 1. The van der Waals surface area contributed by atoms with Crippen LogP contribution in [0.2, 0.25) is 10.0 Å². The molecule has 0 unspecified atom stereocenters. The van der Waals surface area contributed by atoms with Gasteiger partial charge >= 0.3 is 0 Å². The number of nitrogens with one attached hydrogen (secondary N) is 1. The van der Waals surface area contributed by atoms with Crippen LogP contribution in [0.25, 0.3) is 0 Å². The minimum atomic E-state index is -0.425. The van der Waals surface area contributed by atoms with E-state index in [0.717, 1.165) is 0 Å². The van der Waals surface area contributed by atoms with Gasteiger partial charge in [0.05, 0.1) is 5.02 Å². The summed E-state index contributed by atoms with van der Waals surface area (Å²) in [5.74, 6) is 0.549. The number of anilines is 1. The Bertz CT molecular complexity index is 997. The van der Waals surface area contributed by atoms with Crippen LogP contribution >= 0.6 is 23.2 Å². The Morgan fingerprint density at radius 3 is 2.63 bits per heavy atom. The molecule has 0 atom stereocenters. The summed E-state index contributed by atoms with van der Waals surface area (Å²) in [4.78, 5) is 23.7. The van der Waals surface area contributed by atoms with Gasteiger partial charge < -0.3 is 14.5 Å². The summed E-state index contributed by atoms with van der Waals surface area (Å²) in [7, 11) is 0. The highest BCUT2D eigenvalue weighted by atomic mass is 35.5. The number of amides is 1. The maximum absolute atomic E-state index is 12.3. The van der Waals surface area contributed by atoms with Gasteiger partial charge in [-0.15, -0.1) is 0 Å². The van der Waals surface area contributed by atoms with Crippen molar-refractivity contribution in [3.63, 3.8) is 0 Å². The first-order valence-corrected chi connectivity index (χ1v) is 8.77. The molecule has 138 valence electrons. The van der Waals surface area contributed by atoms with E-state index in [1.54, 1.807) is 54.6 Å². The normalized spacial score (nSPS) is 10.5. The van der Waals surface area contributed by atoms with Crippen LogP contribution in [0.15, 0.2) is 59.0 Å². The molecule has 0 aliphatic heterocycles. The molecule has 2 aromatic carbocycles. The predicted octanol–water partition coefficient (Wildman–Crippen LogP) is 5.62. The Labute approximate surface area is 165 Å². The van der Waals surface area contributed by atoms with Gasteiger partial charge in [0.2, 0.25) is 0 Å². The van der Waals surface area contributed by atoms with Gasteiger partial charge in [0.1, 0.15) is 18.1 Å². The third kappa shape index (κ3) is 4.90. The predicted molar refractivity (Wildman–Crippen MR) is 104 cm³/mol. The molecule has 3 aromatic rings. The van der Waals surface area contributed by atoms with E-state index < -0.39 is 5.91 Å². The number of Topliss-reactive ketones (excluding diaryl/α,β-unsaturated/α-hetero) is 1. The number of furan rings is 1. The number of ether oxygens (including phenoxy) is 1. The second-order valence-corrected chi connectivity index (χ2v) is 6.56. The molecule has 0 saturated carbocycles. The summed E-state index contributed by atoms with van der Waals surface area (Å²) in [6.45, 7) is 1.57. The number of carbonyl (C=O) groups excluding carboxylic acids is 2. The van der Waals surface area contributed by atoms with Crippen LogP contribution in [-0.4, -0.2) is 11.7 Å². The Morgan fingerprint density at radius 1 is 1.07 bits per heavy atom. The minimum Gasteiger partial charge on any atom is -0.484 e. The third-order valence-corrected chi connectivity index (χ3v) is 4.21. The maximum atomic E-state index is 12.3. The number of rotatable bonds is 6. The highest BCUT2D eigenvalue weighted by Gasteiger charge is 2.13. The second kappa shape index (κ2) is 8.29. The molecule has 27 heavy (non-hydrogen) atoms. The summed E-state index contributed by atoms with van der Waals surface area (Å²) >= 11 is 11.9. The first kappa shape index (κ1) is 19.0. The molecule has 0 spiro atoms. The van der Waals surface area contributed by atoms with Gasteiger partial charge in [-0.25, -0.2) is 0 Å². The maximum Gasteiger partial charge on any atom is 0.291 e. The van der Waals surface area contributed by atoms with E-state index in [4.69, 9.17) is 32.4 Å². The lowest BCUT2D eigenvalue weighted by molar-refractivity contribution is 0.0988. The minimum absolute atomic E-state index is 0.0793. The molecule has 1 heterocycles. The monoisotopic (exact) mass is 403 g/mol. The van der Waals surface area contributed by atoms with E-state index in [2.05, 4.69) is 5.32 Å². The molecule has 1 N–H and O–H groups in total. The third-order valence-electron chi connectivity index (χ3n) is 3.68. The van der Waals surface area contributed by atoms with E-state index in [1.807, 2.05) is 0 Å². The van der Waals surface area contributed by atoms with Gasteiger partial charge in [-0.1, -0.05) is 35.3 Å². The Morgan fingerprint density at radius 2 is 1.89 bits per heavy atom. The van der Waals surface area contributed by atoms with E-state index in [1.165, 1.54) is 6.92 Å². The van der Waals surface area contributed by atoms with Crippen molar-refractivity contribution >= 4 is 40.6 Å². The summed E-state index contributed by atoms with van der Waals surface area (Å²) in [5.41, 5.74) is 1.02. The highest BCUT2D eigenvalue weighted by molar-refractivity contribution is 6.35. The van der Waals surface area contributed by atoms with Crippen LogP contribution in [0.3, 0.4) is 0 Å². The number of hydrogen-bond acceptors (Lipinski definition) is 4. The fraction of sp³-hybridized carbons (Fsp3) is 0.100. The molecule has 0 aliphatic rings. The first-order valence-electron chi connectivity index (χ1n) is 8.01. The van der Waals surface area contributed by atoms with Gasteiger partial charge in [-0.05, 0) is 49.4 Å². The molecule has 0 radical (unpaired) electrons. The zero-order chi connectivity index (χ0) is 19.4. The molecule has 0 aliphatic carbocycles. The van der Waals surface area contributed by atoms with E-state index in [9.17, 15) is 9.59 Å². The van der Waals surface area contributed by atoms with Crippen LogP contribution in [0.4, 0.5) is 5.69 Å². The number of halogens is 2. The molecular weight excluding hydrogens is 389 g/mol. The largest absolute Gasteiger partial charge is 0.484 e. The fourth-order valence-corrected chi connectivity index (χ4v) is 2.79. The van der Waals surface area contributed by atoms with E-state index >= 15 is 0 Å². The molecule has 5 nitrogen and oxygen atoms in total. The van der Waals surface area contributed by atoms with Crippen molar-refractivity contribution in [1.29, 1.82) is 0 Å². The Balaban J connectivity index is 1.63. The molecule has 1 amide bonds. The van der Waals surface area contributed by atoms with Gasteiger partial charge in [0.15, 0.2) is 11.5 Å². The van der Waals surface area contributed by atoms with Crippen molar-refractivity contribution in [2.45, 2.75) is 13.5 Å². The Hall–Kier alpha value is -2.76. The zero-order valence-corrected chi connectivity index (χ0v) is 15.8. The van der Waals surface area contributed by atoms with E-state index in [0.29, 0.717) is 32.8 Å². The fourth-order valence-electron chi connectivity index (χ4n) is 2.33. The first-order chi connectivity index (χ1) is 12.9. The summed E-state index contributed by atoms with van der Waals surface area (Å²) < 4.78 is 11.1. The average Bonchev–Trinajstić information content (AvgIpc) is 3.10. The van der Waals surface area contributed by atoms with Crippen molar-refractivity contribution in [2.24, 2.45) is 0 Å². The topological polar surface area (TPSA) is 68.5 Å². The van der Waals surface area contributed by atoms with Gasteiger partial charge in [0, 0.05) is 16.3 Å². The van der Waals surface area contributed by atoms with E-state index in [-0.39, 0.29) is 18.2 Å². The van der Waals surface area contributed by atoms with Gasteiger partial charge in [-0.2, -0.15) is 0 Å².